The number of nitrogens with one attached hydrogen (secondary N) is 1. The quantitative estimate of drug-likeness (QED) is 0.595. The predicted molar refractivity (Wildman–Crippen MR) is 85.7 cm³/mol. The largest absolute Gasteiger partial charge is 0.385 e. The summed E-state index contributed by atoms with van der Waals surface area (Å²) in [6.07, 6.45) is 0.642. The third-order valence-corrected chi connectivity index (χ3v) is 4.96. The number of hydrogen-bond acceptors (Lipinski definition) is 2. The molecule has 2 aromatic carbocycles. The first-order valence-corrected chi connectivity index (χ1v) is 7.77. The van der Waals surface area contributed by atoms with Crippen LogP contribution in [0.1, 0.15) is 28.3 Å². The Morgan fingerprint density at radius 3 is 2.86 bits per heavy atom. The lowest BCUT2D eigenvalue weighted by Crippen LogP contribution is -2.23. The molecule has 2 nitrogen and oxygen atoms in total. The number of ketones is 1. The number of fused-ring (bicyclic) bond motifs is 1. The standard InChI is InChI=1S/C16H12BrClFNO/c17-12-6-5-11(15(19)14(12)18)16(21)10-7-8-20-13-4-2-1-3-9(10)13/h1-6,10,20H,7-8H2. The van der Waals surface area contributed by atoms with Gasteiger partial charge in [-0.1, -0.05) is 29.8 Å². The number of anilines is 1. The zero-order valence-corrected chi connectivity index (χ0v) is 13.3. The summed E-state index contributed by atoms with van der Waals surface area (Å²) in [5, 5.41) is 3.20. The number of carbonyl (C=O) groups excluding carboxylic acids is 1. The van der Waals surface area contributed by atoms with Crippen LogP contribution in [-0.4, -0.2) is 12.3 Å². The van der Waals surface area contributed by atoms with Crippen LogP contribution in [-0.2, 0) is 0 Å². The van der Waals surface area contributed by atoms with E-state index in [-0.39, 0.29) is 22.3 Å². The second-order valence-corrected chi connectivity index (χ2v) is 6.17. The number of para-hydroxylation sites is 1. The molecule has 1 heterocycles. The lowest BCUT2D eigenvalue weighted by Gasteiger charge is -2.26. The normalized spacial score (nSPS) is 17.0. The van der Waals surface area contributed by atoms with Crippen LogP contribution in [0.4, 0.5) is 10.1 Å². The minimum Gasteiger partial charge on any atom is -0.385 e. The lowest BCUT2D eigenvalue weighted by atomic mass is 9.85. The molecular formula is C16H12BrClFNO. The maximum absolute atomic E-state index is 14.2. The summed E-state index contributed by atoms with van der Waals surface area (Å²) in [5.41, 5.74) is 1.89. The van der Waals surface area contributed by atoms with Crippen LogP contribution in [0, 0.1) is 5.82 Å². The van der Waals surface area contributed by atoms with Crippen molar-refractivity contribution >= 4 is 39.0 Å². The van der Waals surface area contributed by atoms with E-state index < -0.39 is 5.82 Å². The van der Waals surface area contributed by atoms with Crippen LogP contribution in [0.3, 0.4) is 0 Å². The van der Waals surface area contributed by atoms with Crippen molar-refractivity contribution in [2.45, 2.75) is 12.3 Å². The summed E-state index contributed by atoms with van der Waals surface area (Å²) >= 11 is 9.04. The van der Waals surface area contributed by atoms with Crippen molar-refractivity contribution in [1.82, 2.24) is 0 Å². The zero-order chi connectivity index (χ0) is 15.0. The van der Waals surface area contributed by atoms with Gasteiger partial charge in [-0.15, -0.1) is 0 Å². The van der Waals surface area contributed by atoms with Crippen molar-refractivity contribution in [3.05, 3.63) is 62.8 Å². The van der Waals surface area contributed by atoms with Crippen molar-refractivity contribution in [2.24, 2.45) is 0 Å². The maximum Gasteiger partial charge on any atom is 0.173 e. The Labute approximate surface area is 135 Å². The van der Waals surface area contributed by atoms with Gasteiger partial charge in [0.25, 0.3) is 0 Å². The lowest BCUT2D eigenvalue weighted by molar-refractivity contribution is 0.0951. The Morgan fingerprint density at radius 1 is 1.29 bits per heavy atom. The van der Waals surface area contributed by atoms with E-state index in [4.69, 9.17) is 11.6 Å². The van der Waals surface area contributed by atoms with Crippen LogP contribution in [0.5, 0.6) is 0 Å². The van der Waals surface area contributed by atoms with Crippen LogP contribution in [0.25, 0.3) is 0 Å². The first-order valence-electron chi connectivity index (χ1n) is 6.60. The third-order valence-electron chi connectivity index (χ3n) is 3.70. The average molecular weight is 369 g/mol. The summed E-state index contributed by atoms with van der Waals surface area (Å²) in [6.45, 7) is 0.694. The van der Waals surface area contributed by atoms with Crippen LogP contribution < -0.4 is 5.32 Å². The summed E-state index contributed by atoms with van der Waals surface area (Å²) in [5.74, 6) is -1.22. The second-order valence-electron chi connectivity index (χ2n) is 4.94. The van der Waals surface area contributed by atoms with E-state index in [1.807, 2.05) is 24.3 Å². The highest BCUT2D eigenvalue weighted by molar-refractivity contribution is 9.10. The molecule has 108 valence electrons. The number of carbonyl (C=O) groups is 1. The molecule has 0 fully saturated rings. The van der Waals surface area contributed by atoms with E-state index in [0.29, 0.717) is 17.4 Å². The molecule has 0 saturated carbocycles. The van der Waals surface area contributed by atoms with Gasteiger partial charge in [0, 0.05) is 16.7 Å². The van der Waals surface area contributed by atoms with Crippen LogP contribution in [0.15, 0.2) is 40.9 Å². The van der Waals surface area contributed by atoms with Crippen molar-refractivity contribution in [1.29, 1.82) is 0 Å². The molecule has 1 unspecified atom stereocenters. The number of halogens is 3. The van der Waals surface area contributed by atoms with Gasteiger partial charge in [-0.2, -0.15) is 0 Å². The smallest absolute Gasteiger partial charge is 0.173 e. The zero-order valence-electron chi connectivity index (χ0n) is 11.0. The Bertz CT molecular complexity index is 719. The minimum atomic E-state index is -0.660. The highest BCUT2D eigenvalue weighted by Gasteiger charge is 2.29. The SMILES string of the molecule is O=C(c1ccc(Br)c(Cl)c1F)C1CCNc2ccccc21. The van der Waals surface area contributed by atoms with Crippen LogP contribution in [0.2, 0.25) is 5.02 Å². The molecule has 0 aliphatic carbocycles. The molecule has 2 aromatic rings. The van der Waals surface area contributed by atoms with Gasteiger partial charge in [0.1, 0.15) is 0 Å². The van der Waals surface area contributed by atoms with Crippen LogP contribution >= 0.6 is 27.5 Å². The monoisotopic (exact) mass is 367 g/mol. The number of benzene rings is 2. The van der Waals surface area contributed by atoms with E-state index in [1.165, 1.54) is 6.07 Å². The summed E-state index contributed by atoms with van der Waals surface area (Å²) in [6, 6.07) is 10.7. The Hall–Kier alpha value is -1.39. The van der Waals surface area contributed by atoms with Gasteiger partial charge in [0.15, 0.2) is 11.6 Å². The minimum absolute atomic E-state index is 0.0462. The molecule has 1 aliphatic heterocycles. The maximum atomic E-state index is 14.2. The fourth-order valence-electron chi connectivity index (χ4n) is 2.64. The van der Waals surface area contributed by atoms with Crippen molar-refractivity contribution in [3.8, 4) is 0 Å². The molecule has 5 heteroatoms. The predicted octanol–water partition coefficient (Wildman–Crippen LogP) is 5.02. The molecule has 1 atom stereocenters. The molecule has 0 aromatic heterocycles. The van der Waals surface area contributed by atoms with Gasteiger partial charge in [0.2, 0.25) is 0 Å². The summed E-state index contributed by atoms with van der Waals surface area (Å²) < 4.78 is 14.7. The Morgan fingerprint density at radius 2 is 2.05 bits per heavy atom. The average Bonchev–Trinajstić information content (AvgIpc) is 2.51. The second kappa shape index (κ2) is 5.78. The van der Waals surface area contributed by atoms with Gasteiger partial charge in [-0.05, 0) is 46.1 Å². The molecule has 0 amide bonds. The van der Waals surface area contributed by atoms with Gasteiger partial charge < -0.3 is 5.32 Å². The molecule has 0 radical (unpaired) electrons. The van der Waals surface area contributed by atoms with Crippen molar-refractivity contribution < 1.29 is 9.18 Å². The third kappa shape index (κ3) is 2.58. The van der Waals surface area contributed by atoms with Gasteiger partial charge in [0.05, 0.1) is 16.5 Å². The van der Waals surface area contributed by atoms with Gasteiger partial charge >= 0.3 is 0 Å². The molecular weight excluding hydrogens is 357 g/mol. The number of rotatable bonds is 2. The van der Waals surface area contributed by atoms with Gasteiger partial charge in [-0.3, -0.25) is 4.79 Å². The van der Waals surface area contributed by atoms with E-state index in [0.717, 1.165) is 11.3 Å². The van der Waals surface area contributed by atoms with E-state index in [2.05, 4.69) is 21.2 Å². The Kier molecular flexibility index (Phi) is 4.00. The highest BCUT2D eigenvalue weighted by Crippen LogP contribution is 2.36. The highest BCUT2D eigenvalue weighted by atomic mass is 79.9. The van der Waals surface area contributed by atoms with E-state index in [1.54, 1.807) is 6.07 Å². The fraction of sp³-hybridized carbons (Fsp3) is 0.188. The fourth-order valence-corrected chi connectivity index (χ4v) is 3.12. The number of hydrogen-bond donors (Lipinski definition) is 1. The topological polar surface area (TPSA) is 29.1 Å². The molecule has 1 N–H and O–H groups in total. The molecule has 0 bridgehead atoms. The van der Waals surface area contributed by atoms with Gasteiger partial charge in [-0.25, -0.2) is 4.39 Å². The molecule has 0 saturated heterocycles. The molecule has 3 rings (SSSR count). The summed E-state index contributed by atoms with van der Waals surface area (Å²) in [4.78, 5) is 12.7. The summed E-state index contributed by atoms with van der Waals surface area (Å²) in [7, 11) is 0. The van der Waals surface area contributed by atoms with E-state index >= 15 is 0 Å². The Balaban J connectivity index is 2.03. The number of Topliss-reactive ketones (excluding diaryl/α,β-unsaturated/α-hetero) is 1. The van der Waals surface area contributed by atoms with Crippen molar-refractivity contribution in [3.63, 3.8) is 0 Å². The first kappa shape index (κ1) is 14.5. The molecule has 0 spiro atoms. The first-order chi connectivity index (χ1) is 10.1. The molecule has 1 aliphatic rings. The van der Waals surface area contributed by atoms with Crippen molar-refractivity contribution in [2.75, 3.05) is 11.9 Å². The molecule has 21 heavy (non-hydrogen) atoms. The van der Waals surface area contributed by atoms with E-state index in [9.17, 15) is 9.18 Å².